The maximum absolute atomic E-state index is 7.30. The molecular weight excluding hydrogens is 364 g/mol. The Morgan fingerprint density at radius 3 is 2.54 bits per heavy atom. The van der Waals surface area contributed by atoms with E-state index in [1.807, 2.05) is 56.3 Å². The van der Waals surface area contributed by atoms with Crippen LogP contribution >= 0.6 is 15.9 Å². The molecule has 3 rings (SSSR count). The predicted octanol–water partition coefficient (Wildman–Crippen LogP) is 5.48. The minimum atomic E-state index is -0.522. The number of nitrogens with zero attached hydrogens (tertiary/aromatic N) is 2. The molecule has 120 valence electrons. The number of rotatable bonds is 3. The van der Waals surface area contributed by atoms with Crippen LogP contribution in [0.5, 0.6) is 0 Å². The van der Waals surface area contributed by atoms with E-state index in [-0.39, 0.29) is 0 Å². The van der Waals surface area contributed by atoms with Crippen molar-refractivity contribution in [3.05, 3.63) is 70.1 Å². The molecule has 0 spiro atoms. The van der Waals surface area contributed by atoms with Gasteiger partial charge in [0.05, 0.1) is 23.1 Å². The molecule has 1 heterocycles. The van der Waals surface area contributed by atoms with Gasteiger partial charge in [0.15, 0.2) is 0 Å². The van der Waals surface area contributed by atoms with Gasteiger partial charge in [-0.1, -0.05) is 15.9 Å². The molecule has 0 unspecified atom stereocenters. The van der Waals surface area contributed by atoms with Crippen LogP contribution in [-0.4, -0.2) is 4.98 Å². The average Bonchev–Trinajstić information content (AvgIpc) is 2.58. The van der Waals surface area contributed by atoms with Crippen molar-refractivity contribution in [1.82, 2.24) is 4.98 Å². The van der Waals surface area contributed by atoms with Crippen LogP contribution in [-0.2, 0) is 5.54 Å². The molecule has 0 atom stereocenters. The fourth-order valence-corrected chi connectivity index (χ4v) is 2.85. The van der Waals surface area contributed by atoms with E-state index in [9.17, 15) is 0 Å². The SMILES string of the molecule is [C-]#[N+]C(C)(C)c1ccc(Nc2c(N)cnc3ccc(Br)cc23)cc1. The molecule has 0 bridgehead atoms. The summed E-state index contributed by atoms with van der Waals surface area (Å²) in [5.41, 5.74) is 9.80. The molecule has 0 radical (unpaired) electrons. The summed E-state index contributed by atoms with van der Waals surface area (Å²) in [6, 6.07) is 13.8. The van der Waals surface area contributed by atoms with Crippen LogP contribution in [0.2, 0.25) is 0 Å². The number of aromatic nitrogens is 1. The predicted molar refractivity (Wildman–Crippen MR) is 103 cm³/mol. The second-order valence-corrected chi connectivity index (χ2v) is 7.04. The van der Waals surface area contributed by atoms with E-state index in [1.165, 1.54) is 0 Å². The highest BCUT2D eigenvalue weighted by Crippen LogP contribution is 2.33. The van der Waals surface area contributed by atoms with Gasteiger partial charge in [-0.3, -0.25) is 4.98 Å². The Balaban J connectivity index is 2.00. The summed E-state index contributed by atoms with van der Waals surface area (Å²) in [6.07, 6.45) is 1.66. The molecule has 0 aliphatic heterocycles. The van der Waals surface area contributed by atoms with Crippen molar-refractivity contribution in [1.29, 1.82) is 0 Å². The second kappa shape index (κ2) is 6.14. The largest absolute Gasteiger partial charge is 0.396 e. The Morgan fingerprint density at radius 1 is 1.17 bits per heavy atom. The van der Waals surface area contributed by atoms with Crippen molar-refractivity contribution in [2.75, 3.05) is 11.1 Å². The first-order chi connectivity index (χ1) is 11.4. The molecule has 24 heavy (non-hydrogen) atoms. The molecule has 0 aliphatic carbocycles. The molecule has 0 fully saturated rings. The number of halogens is 1. The molecule has 0 saturated carbocycles. The molecule has 3 N–H and O–H groups in total. The normalized spacial score (nSPS) is 11.2. The van der Waals surface area contributed by atoms with Gasteiger partial charge in [0.2, 0.25) is 0 Å². The van der Waals surface area contributed by atoms with E-state index in [1.54, 1.807) is 6.20 Å². The van der Waals surface area contributed by atoms with Gasteiger partial charge in [-0.05, 0) is 42.5 Å². The van der Waals surface area contributed by atoms with Crippen LogP contribution < -0.4 is 11.1 Å². The Kier molecular flexibility index (Phi) is 4.16. The first-order valence-electron chi connectivity index (χ1n) is 7.50. The zero-order chi connectivity index (χ0) is 17.3. The van der Waals surface area contributed by atoms with E-state index in [0.29, 0.717) is 5.69 Å². The molecule has 4 nitrogen and oxygen atoms in total. The number of fused-ring (bicyclic) bond motifs is 1. The lowest BCUT2D eigenvalue weighted by Gasteiger charge is -2.15. The summed E-state index contributed by atoms with van der Waals surface area (Å²) in [6.45, 7) is 11.1. The van der Waals surface area contributed by atoms with Gasteiger partial charge >= 0.3 is 0 Å². The Hall–Kier alpha value is -2.58. The lowest BCUT2D eigenvalue weighted by Crippen LogP contribution is -2.10. The lowest BCUT2D eigenvalue weighted by atomic mass is 9.95. The van der Waals surface area contributed by atoms with Crippen LogP contribution in [0.4, 0.5) is 17.1 Å². The molecule has 2 aromatic carbocycles. The van der Waals surface area contributed by atoms with Crippen molar-refractivity contribution < 1.29 is 0 Å². The monoisotopic (exact) mass is 380 g/mol. The number of pyridine rings is 1. The van der Waals surface area contributed by atoms with Gasteiger partial charge in [0, 0.05) is 35.0 Å². The van der Waals surface area contributed by atoms with Crippen LogP contribution in [0, 0.1) is 6.57 Å². The van der Waals surface area contributed by atoms with E-state index < -0.39 is 5.54 Å². The third kappa shape index (κ3) is 3.06. The summed E-state index contributed by atoms with van der Waals surface area (Å²) in [5, 5.41) is 4.33. The molecule has 1 aromatic heterocycles. The maximum atomic E-state index is 7.30. The minimum absolute atomic E-state index is 0.522. The Labute approximate surface area is 149 Å². The number of benzene rings is 2. The minimum Gasteiger partial charge on any atom is -0.396 e. The first-order valence-corrected chi connectivity index (χ1v) is 8.30. The van der Waals surface area contributed by atoms with Gasteiger partial charge in [0.25, 0.3) is 5.54 Å². The average molecular weight is 381 g/mol. The maximum Gasteiger partial charge on any atom is 0.252 e. The van der Waals surface area contributed by atoms with E-state index in [2.05, 4.69) is 31.1 Å². The summed E-state index contributed by atoms with van der Waals surface area (Å²) in [7, 11) is 0. The number of hydrogen-bond acceptors (Lipinski definition) is 3. The van der Waals surface area contributed by atoms with Gasteiger partial charge in [-0.2, -0.15) is 0 Å². The summed E-state index contributed by atoms with van der Waals surface area (Å²) < 4.78 is 0.972. The number of nitrogens with one attached hydrogen (secondary N) is 1. The first kappa shape index (κ1) is 16.3. The fraction of sp³-hybridized carbons (Fsp3) is 0.158. The third-order valence-electron chi connectivity index (χ3n) is 4.00. The van der Waals surface area contributed by atoms with Crippen molar-refractivity contribution in [3.8, 4) is 0 Å². The standard InChI is InChI=1S/C19H17BrN4/c1-19(2,22-3)12-4-7-14(8-5-12)24-18-15-10-13(20)6-9-17(15)23-11-16(18)21/h4-11H,21H2,1-2H3,(H,23,24). The zero-order valence-corrected chi connectivity index (χ0v) is 15.1. The highest BCUT2D eigenvalue weighted by Gasteiger charge is 2.25. The van der Waals surface area contributed by atoms with E-state index in [0.717, 1.165) is 32.3 Å². The van der Waals surface area contributed by atoms with Crippen molar-refractivity contribution in [2.24, 2.45) is 0 Å². The molecule has 0 amide bonds. The number of hydrogen-bond donors (Lipinski definition) is 2. The van der Waals surface area contributed by atoms with Crippen molar-refractivity contribution in [2.45, 2.75) is 19.4 Å². The quantitative estimate of drug-likeness (QED) is 0.591. The van der Waals surface area contributed by atoms with Crippen molar-refractivity contribution in [3.63, 3.8) is 0 Å². The molecule has 0 saturated heterocycles. The molecule has 3 aromatic rings. The highest BCUT2D eigenvalue weighted by molar-refractivity contribution is 9.10. The number of nitrogen functional groups attached to an aromatic ring is 1. The van der Waals surface area contributed by atoms with E-state index in [4.69, 9.17) is 12.3 Å². The summed E-state index contributed by atoms with van der Waals surface area (Å²) in [5.74, 6) is 0. The topological polar surface area (TPSA) is 55.3 Å². The fourth-order valence-electron chi connectivity index (χ4n) is 2.49. The van der Waals surface area contributed by atoms with Gasteiger partial charge in [0.1, 0.15) is 0 Å². The van der Waals surface area contributed by atoms with E-state index >= 15 is 0 Å². The van der Waals surface area contributed by atoms with Gasteiger partial charge in [-0.25, -0.2) is 6.57 Å². The summed E-state index contributed by atoms with van der Waals surface area (Å²) in [4.78, 5) is 8.03. The van der Waals surface area contributed by atoms with Crippen LogP contribution in [0.1, 0.15) is 19.4 Å². The summed E-state index contributed by atoms with van der Waals surface area (Å²) >= 11 is 3.49. The second-order valence-electron chi connectivity index (χ2n) is 6.12. The number of anilines is 3. The molecule has 5 heteroatoms. The van der Waals surface area contributed by atoms with Gasteiger partial charge in [-0.15, -0.1) is 0 Å². The van der Waals surface area contributed by atoms with Crippen LogP contribution in [0.15, 0.2) is 53.1 Å². The lowest BCUT2D eigenvalue weighted by molar-refractivity contribution is 0.664. The van der Waals surface area contributed by atoms with Crippen LogP contribution in [0.3, 0.4) is 0 Å². The van der Waals surface area contributed by atoms with Gasteiger partial charge < -0.3 is 15.9 Å². The zero-order valence-electron chi connectivity index (χ0n) is 13.5. The Bertz CT molecular complexity index is 935. The molecular formula is C19H17BrN4. The third-order valence-corrected chi connectivity index (χ3v) is 4.49. The molecule has 0 aliphatic rings. The number of nitrogens with two attached hydrogens (primary N) is 1. The van der Waals surface area contributed by atoms with Crippen LogP contribution in [0.25, 0.3) is 15.7 Å². The Morgan fingerprint density at radius 2 is 1.88 bits per heavy atom. The highest BCUT2D eigenvalue weighted by atomic mass is 79.9. The van der Waals surface area contributed by atoms with Crippen molar-refractivity contribution >= 4 is 43.9 Å². The smallest absolute Gasteiger partial charge is 0.252 e.